The van der Waals surface area contributed by atoms with Gasteiger partial charge in [0.2, 0.25) is 0 Å². The summed E-state index contributed by atoms with van der Waals surface area (Å²) < 4.78 is 0. The van der Waals surface area contributed by atoms with Crippen LogP contribution in [0.3, 0.4) is 0 Å². The summed E-state index contributed by atoms with van der Waals surface area (Å²) in [5, 5.41) is 0. The predicted octanol–water partition coefficient (Wildman–Crippen LogP) is 4.11. The van der Waals surface area contributed by atoms with Crippen LogP contribution in [0.15, 0.2) is 0 Å². The second-order valence-corrected chi connectivity index (χ2v) is 8.50. The van der Waals surface area contributed by atoms with Crippen molar-refractivity contribution in [2.45, 2.75) is 78.2 Å². The monoisotopic (exact) mass is 235 g/mol. The van der Waals surface area contributed by atoms with Gasteiger partial charge in [-0.15, -0.1) is 0 Å². The molecule has 0 aromatic carbocycles. The second-order valence-electron chi connectivity index (χ2n) is 8.50. The Hall–Kier alpha value is -0.0400. The van der Waals surface area contributed by atoms with Gasteiger partial charge in [-0.2, -0.15) is 0 Å². The van der Waals surface area contributed by atoms with Gasteiger partial charge in [0.25, 0.3) is 0 Å². The molecule has 0 radical (unpaired) electrons. The summed E-state index contributed by atoms with van der Waals surface area (Å²) in [6, 6.07) is 0.443. The second kappa shape index (κ2) is 3.50. The molecule has 2 N–H and O–H groups in total. The molecule has 4 fully saturated rings. The molecule has 0 saturated heterocycles. The minimum absolute atomic E-state index is 0.443. The molecule has 0 aromatic rings. The van der Waals surface area contributed by atoms with Gasteiger partial charge in [0, 0.05) is 6.04 Å². The molecule has 4 saturated carbocycles. The fourth-order valence-electron chi connectivity index (χ4n) is 6.61. The maximum absolute atomic E-state index is 6.28. The average molecular weight is 235 g/mol. The fourth-order valence-corrected chi connectivity index (χ4v) is 6.61. The normalized spacial score (nSPS) is 54.0. The van der Waals surface area contributed by atoms with Crippen molar-refractivity contribution >= 4 is 0 Å². The third kappa shape index (κ3) is 1.95. The number of hydrogen-bond donors (Lipinski definition) is 1. The number of rotatable bonds is 3. The van der Waals surface area contributed by atoms with Crippen LogP contribution in [0.5, 0.6) is 0 Å². The first-order chi connectivity index (χ1) is 7.86. The molecule has 4 aliphatic carbocycles. The van der Waals surface area contributed by atoms with Gasteiger partial charge in [-0.1, -0.05) is 20.8 Å². The van der Waals surface area contributed by atoms with Gasteiger partial charge < -0.3 is 5.73 Å². The van der Waals surface area contributed by atoms with E-state index in [1.54, 1.807) is 0 Å². The highest BCUT2D eigenvalue weighted by Crippen LogP contribution is 2.70. The first-order valence-corrected chi connectivity index (χ1v) is 7.62. The smallest absolute Gasteiger partial charge is 0.00414 e. The van der Waals surface area contributed by atoms with Crippen LogP contribution in [0.2, 0.25) is 0 Å². The molecular weight excluding hydrogens is 206 g/mol. The molecule has 1 nitrogen and oxygen atoms in total. The van der Waals surface area contributed by atoms with Gasteiger partial charge in [-0.25, -0.2) is 0 Å². The first kappa shape index (κ1) is 12.0. The van der Waals surface area contributed by atoms with Crippen molar-refractivity contribution in [2.24, 2.45) is 27.9 Å². The minimum Gasteiger partial charge on any atom is -0.328 e. The number of hydrogen-bond acceptors (Lipinski definition) is 1. The Morgan fingerprint density at radius 2 is 1.65 bits per heavy atom. The lowest BCUT2D eigenvalue weighted by molar-refractivity contribution is -0.149. The van der Waals surface area contributed by atoms with Gasteiger partial charge in [0.15, 0.2) is 0 Å². The Kier molecular flexibility index (Phi) is 2.47. The highest BCUT2D eigenvalue weighted by atomic mass is 14.7. The van der Waals surface area contributed by atoms with E-state index in [0.717, 1.165) is 12.3 Å². The van der Waals surface area contributed by atoms with Gasteiger partial charge >= 0.3 is 0 Å². The van der Waals surface area contributed by atoms with Crippen molar-refractivity contribution in [2.75, 3.05) is 0 Å². The molecule has 3 unspecified atom stereocenters. The Bertz CT molecular complexity index is 303. The van der Waals surface area contributed by atoms with Gasteiger partial charge in [-0.3, -0.25) is 0 Å². The van der Waals surface area contributed by atoms with Crippen LogP contribution in [-0.2, 0) is 0 Å². The van der Waals surface area contributed by atoms with Gasteiger partial charge in [0.05, 0.1) is 0 Å². The van der Waals surface area contributed by atoms with Crippen molar-refractivity contribution in [3.8, 4) is 0 Å². The zero-order chi connectivity index (χ0) is 12.3. The molecule has 4 bridgehead atoms. The maximum Gasteiger partial charge on any atom is 0.00414 e. The van der Waals surface area contributed by atoms with Gasteiger partial charge in [0.1, 0.15) is 0 Å². The van der Waals surface area contributed by atoms with Crippen molar-refractivity contribution in [3.05, 3.63) is 0 Å². The van der Waals surface area contributed by atoms with E-state index in [4.69, 9.17) is 5.73 Å². The lowest BCUT2D eigenvalue weighted by Gasteiger charge is -2.66. The van der Waals surface area contributed by atoms with Gasteiger partial charge in [-0.05, 0) is 73.5 Å². The largest absolute Gasteiger partial charge is 0.328 e. The standard InChI is InChI=1S/C16H29N/c1-4-13(17)8-16-7-12-5-14(2,10-16)9-15(3,6-12)11-16/h12-13H,4-11,17H2,1-3H3. The summed E-state index contributed by atoms with van der Waals surface area (Å²) in [5.41, 5.74) is 8.21. The van der Waals surface area contributed by atoms with Crippen molar-refractivity contribution in [1.29, 1.82) is 0 Å². The van der Waals surface area contributed by atoms with Crippen LogP contribution >= 0.6 is 0 Å². The third-order valence-corrected chi connectivity index (χ3v) is 5.96. The highest BCUT2D eigenvalue weighted by Gasteiger charge is 2.59. The Balaban J connectivity index is 1.87. The topological polar surface area (TPSA) is 26.0 Å². The third-order valence-electron chi connectivity index (χ3n) is 5.96. The zero-order valence-electron chi connectivity index (χ0n) is 11.9. The Morgan fingerprint density at radius 3 is 2.12 bits per heavy atom. The van der Waals surface area contributed by atoms with Crippen LogP contribution < -0.4 is 5.73 Å². The van der Waals surface area contributed by atoms with Crippen LogP contribution in [0.25, 0.3) is 0 Å². The average Bonchev–Trinajstić information content (AvgIpc) is 2.10. The highest BCUT2D eigenvalue weighted by molar-refractivity contribution is 5.10. The fraction of sp³-hybridized carbons (Fsp3) is 1.00. The Morgan fingerprint density at radius 1 is 1.06 bits per heavy atom. The number of nitrogens with two attached hydrogens (primary N) is 1. The predicted molar refractivity (Wildman–Crippen MR) is 72.7 cm³/mol. The lowest BCUT2D eigenvalue weighted by atomic mass is 9.39. The summed E-state index contributed by atoms with van der Waals surface area (Å²) in [4.78, 5) is 0. The zero-order valence-corrected chi connectivity index (χ0v) is 11.9. The van der Waals surface area contributed by atoms with Crippen LogP contribution in [-0.4, -0.2) is 6.04 Å². The SMILES string of the molecule is CCC(N)CC12CC3CC(C)(CC(C)(C3)C1)C2. The molecule has 17 heavy (non-hydrogen) atoms. The molecule has 98 valence electrons. The van der Waals surface area contributed by atoms with Crippen LogP contribution in [0, 0.1) is 22.2 Å². The van der Waals surface area contributed by atoms with E-state index < -0.39 is 0 Å². The van der Waals surface area contributed by atoms with Crippen LogP contribution in [0.4, 0.5) is 0 Å². The van der Waals surface area contributed by atoms with E-state index in [0.29, 0.717) is 22.3 Å². The van der Waals surface area contributed by atoms with E-state index in [2.05, 4.69) is 20.8 Å². The van der Waals surface area contributed by atoms with E-state index in [-0.39, 0.29) is 0 Å². The molecule has 1 heteroatoms. The van der Waals surface area contributed by atoms with E-state index in [1.807, 2.05) is 0 Å². The Labute approximate surface area is 107 Å². The van der Waals surface area contributed by atoms with Crippen LogP contribution in [0.1, 0.15) is 72.1 Å². The van der Waals surface area contributed by atoms with E-state index in [9.17, 15) is 0 Å². The summed E-state index contributed by atoms with van der Waals surface area (Å²) in [5.74, 6) is 1.02. The first-order valence-electron chi connectivity index (χ1n) is 7.62. The summed E-state index contributed by atoms with van der Waals surface area (Å²) in [7, 11) is 0. The van der Waals surface area contributed by atoms with Crippen molar-refractivity contribution < 1.29 is 0 Å². The summed E-state index contributed by atoms with van der Waals surface area (Å²) in [6.07, 6.45) is 11.4. The molecule has 0 heterocycles. The summed E-state index contributed by atoms with van der Waals surface area (Å²) in [6.45, 7) is 7.36. The molecule has 4 rings (SSSR count). The molecule has 3 atom stereocenters. The van der Waals surface area contributed by atoms with Crippen molar-refractivity contribution in [1.82, 2.24) is 0 Å². The summed E-state index contributed by atoms with van der Waals surface area (Å²) >= 11 is 0. The van der Waals surface area contributed by atoms with E-state index in [1.165, 1.54) is 44.9 Å². The molecular formula is C16H29N. The maximum atomic E-state index is 6.28. The minimum atomic E-state index is 0.443. The molecule has 0 amide bonds. The molecule has 0 spiro atoms. The van der Waals surface area contributed by atoms with E-state index >= 15 is 0 Å². The van der Waals surface area contributed by atoms with Crippen molar-refractivity contribution in [3.63, 3.8) is 0 Å². The molecule has 4 aliphatic rings. The quantitative estimate of drug-likeness (QED) is 0.782. The lowest BCUT2D eigenvalue weighted by Crippen LogP contribution is -2.56. The molecule has 0 aliphatic heterocycles. The molecule has 0 aromatic heterocycles.